The van der Waals surface area contributed by atoms with Gasteiger partial charge < -0.3 is 4.84 Å². The summed E-state index contributed by atoms with van der Waals surface area (Å²) in [7, 11) is 0. The monoisotopic (exact) mass is 211 g/mol. The molecule has 14 heavy (non-hydrogen) atoms. The van der Waals surface area contributed by atoms with Gasteiger partial charge in [-0.05, 0) is 31.2 Å². The first-order valence-corrected chi connectivity index (χ1v) is 4.45. The molecule has 0 aliphatic rings. The van der Waals surface area contributed by atoms with Gasteiger partial charge in [-0.25, -0.2) is 0 Å². The van der Waals surface area contributed by atoms with E-state index in [1.807, 2.05) is 0 Å². The lowest BCUT2D eigenvalue weighted by molar-refractivity contribution is -0.111. The first-order chi connectivity index (χ1) is 6.59. The Morgan fingerprint density at radius 3 is 2.36 bits per heavy atom. The van der Waals surface area contributed by atoms with Crippen LogP contribution in [-0.2, 0) is 4.79 Å². The minimum Gasteiger partial charge on any atom is -0.357 e. The molecule has 0 N–H and O–H groups in total. The zero-order valence-electron chi connectivity index (χ0n) is 7.95. The van der Waals surface area contributed by atoms with Crippen LogP contribution in [0.2, 0.25) is 5.02 Å². The highest BCUT2D eigenvalue weighted by Crippen LogP contribution is 2.15. The van der Waals surface area contributed by atoms with Gasteiger partial charge in [0.1, 0.15) is 5.71 Å². The van der Waals surface area contributed by atoms with Gasteiger partial charge in [0.25, 0.3) is 0 Å². The number of Topliss-reactive ketones (excluding diaryl/α,β-unsaturated/α-hetero) is 1. The van der Waals surface area contributed by atoms with Crippen LogP contribution >= 0.6 is 11.6 Å². The maximum absolute atomic E-state index is 10.8. The molecular formula is C10H10ClNO2. The topological polar surface area (TPSA) is 38.7 Å². The van der Waals surface area contributed by atoms with Crippen molar-refractivity contribution >= 4 is 23.1 Å². The third-order valence-electron chi connectivity index (χ3n) is 1.61. The van der Waals surface area contributed by atoms with Gasteiger partial charge >= 0.3 is 0 Å². The zero-order chi connectivity index (χ0) is 10.6. The molecule has 0 aliphatic carbocycles. The van der Waals surface area contributed by atoms with Crippen LogP contribution in [0.25, 0.3) is 0 Å². The summed E-state index contributed by atoms with van der Waals surface area (Å²) in [6, 6.07) is 6.74. The second kappa shape index (κ2) is 4.77. The summed E-state index contributed by atoms with van der Waals surface area (Å²) in [6.45, 7) is 3.03. The summed E-state index contributed by atoms with van der Waals surface area (Å²) in [4.78, 5) is 15.8. The van der Waals surface area contributed by atoms with E-state index in [4.69, 9.17) is 16.4 Å². The maximum atomic E-state index is 10.8. The molecule has 0 atom stereocenters. The largest absolute Gasteiger partial charge is 0.357 e. The first-order valence-electron chi connectivity index (χ1n) is 4.07. The molecule has 4 heteroatoms. The predicted octanol–water partition coefficient (Wildman–Crippen LogP) is 2.68. The lowest BCUT2D eigenvalue weighted by Crippen LogP contribution is -2.05. The van der Waals surface area contributed by atoms with Crippen LogP contribution in [0.1, 0.15) is 13.8 Å². The molecule has 0 aliphatic heterocycles. The lowest BCUT2D eigenvalue weighted by Gasteiger charge is -1.98. The molecule has 0 heterocycles. The van der Waals surface area contributed by atoms with E-state index in [-0.39, 0.29) is 5.78 Å². The molecule has 74 valence electrons. The quantitative estimate of drug-likeness (QED) is 0.570. The number of nitrogens with zero attached hydrogens (tertiary/aromatic N) is 1. The van der Waals surface area contributed by atoms with Crippen LogP contribution in [0.5, 0.6) is 5.75 Å². The van der Waals surface area contributed by atoms with Gasteiger partial charge in [0.15, 0.2) is 11.5 Å². The molecule has 0 saturated heterocycles. The van der Waals surface area contributed by atoms with Gasteiger partial charge in [0, 0.05) is 11.9 Å². The van der Waals surface area contributed by atoms with E-state index in [0.29, 0.717) is 16.5 Å². The Bertz CT molecular complexity index is 357. The molecule has 1 aromatic rings. The molecule has 1 rings (SSSR count). The van der Waals surface area contributed by atoms with Crippen molar-refractivity contribution in [1.82, 2.24) is 0 Å². The Kier molecular flexibility index (Phi) is 3.65. The number of ketones is 1. The molecule has 3 nitrogen and oxygen atoms in total. The van der Waals surface area contributed by atoms with Crippen molar-refractivity contribution in [2.75, 3.05) is 0 Å². The first kappa shape index (κ1) is 10.7. The van der Waals surface area contributed by atoms with Gasteiger partial charge in [-0.3, -0.25) is 4.79 Å². The highest BCUT2D eigenvalue weighted by atomic mass is 35.5. The van der Waals surface area contributed by atoms with Gasteiger partial charge in [0.05, 0.1) is 0 Å². The van der Waals surface area contributed by atoms with E-state index < -0.39 is 0 Å². The van der Waals surface area contributed by atoms with E-state index in [0.717, 1.165) is 0 Å². The van der Waals surface area contributed by atoms with Crippen LogP contribution < -0.4 is 4.84 Å². The summed E-state index contributed by atoms with van der Waals surface area (Å²) >= 11 is 5.68. The molecule has 0 aromatic heterocycles. The van der Waals surface area contributed by atoms with E-state index in [1.165, 1.54) is 6.92 Å². The minimum absolute atomic E-state index is 0.112. The molecule has 0 spiro atoms. The minimum atomic E-state index is -0.112. The maximum Gasteiger partial charge on any atom is 0.177 e. The fraction of sp³-hybridized carbons (Fsp3) is 0.200. The van der Waals surface area contributed by atoms with Gasteiger partial charge in [-0.1, -0.05) is 16.8 Å². The fourth-order valence-corrected chi connectivity index (χ4v) is 0.807. The van der Waals surface area contributed by atoms with Gasteiger partial charge in [-0.15, -0.1) is 0 Å². The molecule has 1 aromatic carbocycles. The highest BCUT2D eigenvalue weighted by molar-refractivity contribution is 6.37. The summed E-state index contributed by atoms with van der Waals surface area (Å²) in [5.74, 6) is 0.439. The molecule has 0 fully saturated rings. The number of carbonyl (C=O) groups is 1. The average Bonchev–Trinajstić information content (AvgIpc) is 2.16. The van der Waals surface area contributed by atoms with Crippen molar-refractivity contribution in [2.24, 2.45) is 5.16 Å². The summed E-state index contributed by atoms with van der Waals surface area (Å²) < 4.78 is 0. The number of oxime groups is 1. The molecule has 0 bridgehead atoms. The SMILES string of the molecule is CC(=O)/C(C)=N/Oc1ccc(Cl)cc1. The zero-order valence-corrected chi connectivity index (χ0v) is 8.71. The number of halogens is 1. The smallest absolute Gasteiger partial charge is 0.177 e. The molecular weight excluding hydrogens is 202 g/mol. The number of hydrogen-bond donors (Lipinski definition) is 0. The van der Waals surface area contributed by atoms with Crippen molar-refractivity contribution in [2.45, 2.75) is 13.8 Å². The number of benzene rings is 1. The third kappa shape index (κ3) is 3.18. The third-order valence-corrected chi connectivity index (χ3v) is 1.86. The van der Waals surface area contributed by atoms with Crippen molar-refractivity contribution in [1.29, 1.82) is 0 Å². The summed E-state index contributed by atoms with van der Waals surface area (Å²) in [6.07, 6.45) is 0. The Labute approximate surface area is 87.3 Å². The van der Waals surface area contributed by atoms with E-state index in [9.17, 15) is 4.79 Å². The second-order valence-corrected chi connectivity index (χ2v) is 3.21. The van der Waals surface area contributed by atoms with Crippen molar-refractivity contribution < 1.29 is 9.63 Å². The van der Waals surface area contributed by atoms with E-state index >= 15 is 0 Å². The van der Waals surface area contributed by atoms with Gasteiger partial charge in [0.2, 0.25) is 0 Å². The van der Waals surface area contributed by atoms with Crippen molar-refractivity contribution in [3.05, 3.63) is 29.3 Å². The lowest BCUT2D eigenvalue weighted by atomic mass is 10.3. The summed E-state index contributed by atoms with van der Waals surface area (Å²) in [5, 5.41) is 4.28. The fourth-order valence-electron chi connectivity index (χ4n) is 0.681. The Morgan fingerprint density at radius 1 is 1.29 bits per heavy atom. The van der Waals surface area contributed by atoms with E-state index in [2.05, 4.69) is 5.16 Å². The summed E-state index contributed by atoms with van der Waals surface area (Å²) in [5.41, 5.74) is 0.333. The standard InChI is InChI=1S/C10H10ClNO2/c1-7(8(2)13)12-14-10-5-3-9(11)4-6-10/h3-6H,1-2H3/b12-7+. The van der Waals surface area contributed by atoms with Crippen LogP contribution in [0, 0.1) is 0 Å². The normalized spacial score (nSPS) is 11.2. The Balaban J connectivity index is 2.66. The van der Waals surface area contributed by atoms with E-state index in [1.54, 1.807) is 31.2 Å². The van der Waals surface area contributed by atoms with Gasteiger partial charge in [-0.2, -0.15) is 0 Å². The average molecular weight is 212 g/mol. The molecule has 0 radical (unpaired) electrons. The van der Waals surface area contributed by atoms with Crippen molar-refractivity contribution in [3.8, 4) is 5.75 Å². The second-order valence-electron chi connectivity index (χ2n) is 2.78. The molecule has 0 amide bonds. The highest BCUT2D eigenvalue weighted by Gasteiger charge is 1.98. The Morgan fingerprint density at radius 2 is 1.86 bits per heavy atom. The Hall–Kier alpha value is -1.35. The van der Waals surface area contributed by atoms with Crippen LogP contribution in [-0.4, -0.2) is 11.5 Å². The van der Waals surface area contributed by atoms with Crippen LogP contribution in [0.15, 0.2) is 29.4 Å². The number of hydrogen-bond acceptors (Lipinski definition) is 3. The number of rotatable bonds is 3. The molecule has 0 unspecified atom stereocenters. The van der Waals surface area contributed by atoms with Crippen molar-refractivity contribution in [3.63, 3.8) is 0 Å². The predicted molar refractivity (Wildman–Crippen MR) is 55.9 cm³/mol. The molecule has 0 saturated carbocycles. The van der Waals surface area contributed by atoms with Crippen LogP contribution in [0.3, 0.4) is 0 Å². The number of carbonyl (C=O) groups excluding carboxylic acids is 1. The van der Waals surface area contributed by atoms with Crippen LogP contribution in [0.4, 0.5) is 0 Å².